The number of rotatable bonds is 14. The highest BCUT2D eigenvalue weighted by Gasteiger charge is 2.28. The van der Waals surface area contributed by atoms with Crippen LogP contribution in [0.2, 0.25) is 0 Å². The first kappa shape index (κ1) is 35.3. The number of ketones is 2. The van der Waals surface area contributed by atoms with Crippen LogP contribution in [-0.4, -0.2) is 20.7 Å². The van der Waals surface area contributed by atoms with Gasteiger partial charge in [-0.2, -0.15) is 0 Å². The lowest BCUT2D eigenvalue weighted by Crippen LogP contribution is -2.02. The molecule has 0 amide bonds. The third kappa shape index (κ3) is 6.33. The highest BCUT2D eigenvalue weighted by molar-refractivity contribution is 6.33. The molecule has 0 saturated heterocycles. The Morgan fingerprint density at radius 1 is 0.519 bits per heavy atom. The summed E-state index contributed by atoms with van der Waals surface area (Å²) in [5, 5.41) is 3.87. The molecule has 0 fully saturated rings. The van der Waals surface area contributed by atoms with Crippen LogP contribution in [-0.2, 0) is 13.1 Å². The molecule has 7 rings (SSSR count). The van der Waals surface area contributed by atoms with Gasteiger partial charge in [0.05, 0.1) is 11.0 Å². The van der Waals surface area contributed by atoms with E-state index in [1.807, 2.05) is 48.5 Å². The first-order valence-electron chi connectivity index (χ1n) is 18.8. The predicted molar refractivity (Wildman–Crippen MR) is 212 cm³/mol. The minimum absolute atomic E-state index is 0.0179. The molecule has 0 aliphatic carbocycles. The molecule has 0 aliphatic heterocycles. The van der Waals surface area contributed by atoms with Crippen LogP contribution in [0.5, 0.6) is 0 Å². The van der Waals surface area contributed by atoms with Gasteiger partial charge in [0.2, 0.25) is 0 Å². The number of halogens is 2. The van der Waals surface area contributed by atoms with E-state index >= 15 is 0 Å². The number of carbonyl (C=O) groups is 2. The Morgan fingerprint density at radius 2 is 0.904 bits per heavy atom. The van der Waals surface area contributed by atoms with Crippen molar-refractivity contribution in [2.24, 2.45) is 0 Å². The summed E-state index contributed by atoms with van der Waals surface area (Å²) in [6, 6.07) is 25.4. The highest BCUT2D eigenvalue weighted by Crippen LogP contribution is 2.51. The monoisotopic (exact) mass is 696 g/mol. The molecule has 5 aromatic carbocycles. The number of aryl methyl sites for hydroxylation is 2. The van der Waals surface area contributed by atoms with Gasteiger partial charge < -0.3 is 9.13 Å². The van der Waals surface area contributed by atoms with Gasteiger partial charge in [-0.1, -0.05) is 76.6 Å². The zero-order valence-electron chi connectivity index (χ0n) is 30.6. The number of benzene rings is 5. The maximum absolute atomic E-state index is 14.6. The van der Waals surface area contributed by atoms with Crippen molar-refractivity contribution in [2.75, 3.05) is 0 Å². The van der Waals surface area contributed by atoms with Crippen molar-refractivity contribution >= 4 is 55.2 Å². The molecule has 4 nitrogen and oxygen atoms in total. The number of aromatic nitrogens is 2. The molecule has 52 heavy (non-hydrogen) atoms. The lowest BCUT2D eigenvalue weighted by molar-refractivity contribution is 0.100. The third-order valence-corrected chi connectivity index (χ3v) is 10.6. The SMILES string of the molecule is CCCCCCn1c2ccc(C(C)=O)cc2c2c(-c3ccc(F)cc3)c3c(c(-c4ccc(F)cc4)c21)c1cc(C(C)=O)ccc1n3CCCCCC. The second-order valence-corrected chi connectivity index (χ2v) is 14.2. The average Bonchev–Trinajstić information content (AvgIpc) is 3.63. The van der Waals surface area contributed by atoms with Crippen LogP contribution in [0.3, 0.4) is 0 Å². The van der Waals surface area contributed by atoms with E-state index in [1.54, 1.807) is 13.8 Å². The normalized spacial score (nSPS) is 11.8. The van der Waals surface area contributed by atoms with E-state index in [2.05, 4.69) is 35.1 Å². The number of hydrogen-bond donors (Lipinski definition) is 0. The van der Waals surface area contributed by atoms with Crippen LogP contribution < -0.4 is 0 Å². The maximum Gasteiger partial charge on any atom is 0.159 e. The number of hydrogen-bond acceptors (Lipinski definition) is 2. The first-order valence-corrected chi connectivity index (χ1v) is 18.8. The molecule has 0 spiro atoms. The molecule has 7 aromatic rings. The summed E-state index contributed by atoms with van der Waals surface area (Å²) in [5.74, 6) is -0.670. The lowest BCUT2D eigenvalue weighted by atomic mass is 9.89. The molecule has 0 aliphatic rings. The van der Waals surface area contributed by atoms with E-state index in [-0.39, 0.29) is 23.2 Å². The van der Waals surface area contributed by atoms with Crippen molar-refractivity contribution in [3.63, 3.8) is 0 Å². The molecule has 0 unspecified atom stereocenters. The Kier molecular flexibility index (Phi) is 10.1. The summed E-state index contributed by atoms with van der Waals surface area (Å²) >= 11 is 0. The molecular formula is C46H46F2N2O2. The second-order valence-electron chi connectivity index (χ2n) is 14.2. The number of fused-ring (bicyclic) bond motifs is 6. The molecule has 2 heterocycles. The van der Waals surface area contributed by atoms with E-state index in [0.717, 1.165) is 130 Å². The Labute approximate surface area is 304 Å². The molecule has 0 saturated carbocycles. The molecule has 0 bridgehead atoms. The van der Waals surface area contributed by atoms with Gasteiger partial charge in [0.15, 0.2) is 11.6 Å². The first-order chi connectivity index (χ1) is 25.2. The van der Waals surface area contributed by atoms with Gasteiger partial charge in [-0.05, 0) is 98.5 Å². The number of nitrogens with zero attached hydrogens (tertiary/aromatic N) is 2. The lowest BCUT2D eigenvalue weighted by Gasteiger charge is -2.18. The predicted octanol–water partition coefficient (Wildman–Crippen LogP) is 13.1. The quantitative estimate of drug-likeness (QED) is 0.0839. The largest absolute Gasteiger partial charge is 0.340 e. The summed E-state index contributed by atoms with van der Waals surface area (Å²) in [5.41, 5.74) is 8.91. The van der Waals surface area contributed by atoms with E-state index in [4.69, 9.17) is 0 Å². The topological polar surface area (TPSA) is 44.0 Å². The Hall–Kier alpha value is -5.10. The molecule has 0 N–H and O–H groups in total. The summed E-state index contributed by atoms with van der Waals surface area (Å²) in [4.78, 5) is 25.8. The molecule has 0 atom stereocenters. The zero-order chi connectivity index (χ0) is 36.5. The summed E-state index contributed by atoms with van der Waals surface area (Å²) in [6.45, 7) is 9.08. The van der Waals surface area contributed by atoms with Crippen molar-refractivity contribution in [3.05, 3.63) is 108 Å². The van der Waals surface area contributed by atoms with Crippen molar-refractivity contribution in [2.45, 2.75) is 92.2 Å². The van der Waals surface area contributed by atoms with Crippen LogP contribution in [0.25, 0.3) is 65.9 Å². The van der Waals surface area contributed by atoms with Crippen molar-refractivity contribution in [1.82, 2.24) is 9.13 Å². The van der Waals surface area contributed by atoms with Gasteiger partial charge >= 0.3 is 0 Å². The fourth-order valence-corrected chi connectivity index (χ4v) is 8.06. The van der Waals surface area contributed by atoms with Gasteiger partial charge in [0, 0.05) is 67.9 Å². The number of unbranched alkanes of at least 4 members (excludes halogenated alkanes) is 6. The van der Waals surface area contributed by atoms with Crippen LogP contribution >= 0.6 is 0 Å². The molecule has 6 heteroatoms. The van der Waals surface area contributed by atoms with Crippen LogP contribution in [0.1, 0.15) is 99.8 Å². The second kappa shape index (κ2) is 14.9. The number of Topliss-reactive ketones (excluding diaryl/α,β-unsaturated/α-hetero) is 2. The highest BCUT2D eigenvalue weighted by atomic mass is 19.1. The van der Waals surface area contributed by atoms with Crippen molar-refractivity contribution in [1.29, 1.82) is 0 Å². The van der Waals surface area contributed by atoms with Gasteiger partial charge in [0.25, 0.3) is 0 Å². The number of carbonyl (C=O) groups excluding carboxylic acids is 2. The van der Waals surface area contributed by atoms with Crippen LogP contribution in [0.4, 0.5) is 8.78 Å². The summed E-state index contributed by atoms with van der Waals surface area (Å²) < 4.78 is 34.1. The van der Waals surface area contributed by atoms with Crippen LogP contribution in [0.15, 0.2) is 84.9 Å². The zero-order valence-corrected chi connectivity index (χ0v) is 30.6. The Balaban J connectivity index is 1.77. The minimum atomic E-state index is -0.317. The van der Waals surface area contributed by atoms with E-state index in [0.29, 0.717) is 11.1 Å². The fraction of sp³-hybridized carbons (Fsp3) is 0.304. The van der Waals surface area contributed by atoms with Crippen molar-refractivity contribution in [3.8, 4) is 22.3 Å². The molecule has 2 aromatic heterocycles. The van der Waals surface area contributed by atoms with Crippen molar-refractivity contribution < 1.29 is 18.4 Å². The van der Waals surface area contributed by atoms with Gasteiger partial charge in [-0.3, -0.25) is 9.59 Å². The van der Waals surface area contributed by atoms with Gasteiger partial charge in [0.1, 0.15) is 11.6 Å². The molecule has 0 radical (unpaired) electrons. The summed E-state index contributed by atoms with van der Waals surface area (Å²) in [6.07, 6.45) is 8.54. The molecular weight excluding hydrogens is 651 g/mol. The molecule has 266 valence electrons. The van der Waals surface area contributed by atoms with Gasteiger partial charge in [-0.15, -0.1) is 0 Å². The van der Waals surface area contributed by atoms with E-state index in [1.165, 1.54) is 24.3 Å². The van der Waals surface area contributed by atoms with E-state index in [9.17, 15) is 18.4 Å². The van der Waals surface area contributed by atoms with E-state index < -0.39 is 0 Å². The fourth-order valence-electron chi connectivity index (χ4n) is 8.06. The maximum atomic E-state index is 14.6. The van der Waals surface area contributed by atoms with Crippen LogP contribution in [0, 0.1) is 11.6 Å². The average molecular weight is 697 g/mol. The smallest absolute Gasteiger partial charge is 0.159 e. The third-order valence-electron chi connectivity index (χ3n) is 10.6. The Morgan fingerprint density at radius 3 is 1.25 bits per heavy atom. The Bertz CT molecular complexity index is 2280. The standard InChI is InChI=1S/C46H46F2N2O2/c1-5-7-9-11-25-49-39-23-17-33(29(3)51)27-37(39)43-42(32-15-21-36(48)22-16-32)46-44(41(45(43)49)31-13-19-35(47)20-14-31)38-28-34(30(4)52)18-24-40(38)50(46)26-12-10-8-6-2/h13-24,27-28H,5-12,25-26H2,1-4H3. The van der Waals surface area contributed by atoms with Gasteiger partial charge in [-0.25, -0.2) is 8.78 Å². The summed E-state index contributed by atoms with van der Waals surface area (Å²) in [7, 11) is 0. The minimum Gasteiger partial charge on any atom is -0.340 e.